The van der Waals surface area contributed by atoms with E-state index >= 15 is 0 Å². The maximum absolute atomic E-state index is 14.1. The van der Waals surface area contributed by atoms with Crippen molar-refractivity contribution in [3.63, 3.8) is 0 Å². The lowest BCUT2D eigenvalue weighted by atomic mass is 10.0. The van der Waals surface area contributed by atoms with Crippen molar-refractivity contribution in [1.82, 2.24) is 9.21 Å². The number of hydrogen-bond acceptors (Lipinski definition) is 5. The van der Waals surface area contributed by atoms with Crippen LogP contribution in [0.1, 0.15) is 30.1 Å². The minimum absolute atomic E-state index is 0.198. The molecule has 34 heavy (non-hydrogen) atoms. The van der Waals surface area contributed by atoms with Crippen LogP contribution in [0.3, 0.4) is 0 Å². The lowest BCUT2D eigenvalue weighted by Crippen LogP contribution is -2.49. The van der Waals surface area contributed by atoms with Gasteiger partial charge >= 0.3 is 0 Å². The number of amides is 1. The number of carbonyl (C=O) groups excluding carboxylic acids is 1. The van der Waals surface area contributed by atoms with Crippen molar-refractivity contribution >= 4 is 21.6 Å². The van der Waals surface area contributed by atoms with Gasteiger partial charge in [-0.3, -0.25) is 4.79 Å². The summed E-state index contributed by atoms with van der Waals surface area (Å²) < 4.78 is 61.7. The maximum atomic E-state index is 14.1. The number of hydrogen-bond donors (Lipinski definition) is 0. The minimum Gasteiger partial charge on any atom is -0.495 e. The highest BCUT2D eigenvalue weighted by molar-refractivity contribution is 7.89. The molecule has 2 aromatic carbocycles. The molecule has 2 saturated heterocycles. The average Bonchev–Trinajstić information content (AvgIpc) is 2.83. The standard InChI is InChI=1S/C24H29F2N3O4S/c1-17-5-4-10-29(16-17)34(31,32)18-8-9-22(33-2)21(15-18)27-11-13-28(14-12-27)24(30)23-19(25)6-3-7-20(23)26/h3,6-9,15,17H,4-5,10-14,16H2,1-2H3/t17-/m1/s1. The van der Waals surface area contributed by atoms with E-state index in [1.807, 2.05) is 4.90 Å². The van der Waals surface area contributed by atoms with Crippen LogP contribution in [0.15, 0.2) is 41.3 Å². The number of benzene rings is 2. The fraction of sp³-hybridized carbons (Fsp3) is 0.458. The molecule has 2 fully saturated rings. The highest BCUT2D eigenvalue weighted by Gasteiger charge is 2.31. The van der Waals surface area contributed by atoms with Crippen molar-refractivity contribution in [3.8, 4) is 5.75 Å². The molecule has 0 unspecified atom stereocenters. The van der Waals surface area contributed by atoms with Gasteiger partial charge in [-0.1, -0.05) is 13.0 Å². The summed E-state index contributed by atoms with van der Waals surface area (Å²) in [7, 11) is -2.13. The van der Waals surface area contributed by atoms with Crippen LogP contribution >= 0.6 is 0 Å². The first kappa shape index (κ1) is 24.4. The molecule has 4 rings (SSSR count). The number of piperidine rings is 1. The zero-order valence-electron chi connectivity index (χ0n) is 19.3. The first-order chi connectivity index (χ1) is 16.2. The minimum atomic E-state index is -3.65. The van der Waals surface area contributed by atoms with Gasteiger partial charge in [0.1, 0.15) is 22.9 Å². The molecule has 7 nitrogen and oxygen atoms in total. The summed E-state index contributed by atoms with van der Waals surface area (Å²) in [6.45, 7) is 4.24. The third kappa shape index (κ3) is 4.74. The van der Waals surface area contributed by atoms with Crippen molar-refractivity contribution in [2.24, 2.45) is 5.92 Å². The van der Waals surface area contributed by atoms with Crippen LogP contribution in [0.2, 0.25) is 0 Å². The highest BCUT2D eigenvalue weighted by atomic mass is 32.2. The van der Waals surface area contributed by atoms with Gasteiger partial charge in [-0.2, -0.15) is 4.31 Å². The number of carbonyl (C=O) groups is 1. The molecular weight excluding hydrogens is 464 g/mol. The summed E-state index contributed by atoms with van der Waals surface area (Å²) in [6, 6.07) is 8.15. The first-order valence-corrected chi connectivity index (χ1v) is 12.8. The van der Waals surface area contributed by atoms with E-state index in [1.165, 1.54) is 22.4 Å². The van der Waals surface area contributed by atoms with Gasteiger partial charge in [-0.25, -0.2) is 17.2 Å². The van der Waals surface area contributed by atoms with Crippen LogP contribution < -0.4 is 9.64 Å². The summed E-state index contributed by atoms with van der Waals surface area (Å²) >= 11 is 0. The van der Waals surface area contributed by atoms with Crippen molar-refractivity contribution in [3.05, 3.63) is 53.6 Å². The van der Waals surface area contributed by atoms with E-state index in [1.54, 1.807) is 18.2 Å². The molecule has 2 aromatic rings. The second kappa shape index (κ2) is 9.87. The molecule has 2 aliphatic rings. The molecule has 0 N–H and O–H groups in total. The van der Waals surface area contributed by atoms with Gasteiger partial charge in [-0.05, 0) is 49.1 Å². The van der Waals surface area contributed by atoms with Gasteiger partial charge in [0.05, 0.1) is 17.7 Å². The Morgan fingerprint density at radius 1 is 1.03 bits per heavy atom. The number of sulfonamides is 1. The van der Waals surface area contributed by atoms with Crippen LogP contribution in [0.4, 0.5) is 14.5 Å². The zero-order chi connectivity index (χ0) is 24.5. The second-order valence-electron chi connectivity index (χ2n) is 8.82. The molecule has 0 aromatic heterocycles. The summed E-state index contributed by atoms with van der Waals surface area (Å²) in [6.07, 6.45) is 1.85. The van der Waals surface area contributed by atoms with Gasteiger partial charge in [0.25, 0.3) is 5.91 Å². The quantitative estimate of drug-likeness (QED) is 0.639. The average molecular weight is 494 g/mol. The van der Waals surface area contributed by atoms with Crippen LogP contribution in [-0.4, -0.2) is 69.9 Å². The van der Waals surface area contributed by atoms with Crippen molar-refractivity contribution < 1.29 is 26.7 Å². The van der Waals surface area contributed by atoms with E-state index in [-0.39, 0.29) is 18.0 Å². The number of piperazine rings is 1. The third-order valence-electron chi connectivity index (χ3n) is 6.49. The Labute approximate surface area is 199 Å². The summed E-state index contributed by atoms with van der Waals surface area (Å²) in [5, 5.41) is 0. The molecule has 0 saturated carbocycles. The predicted molar refractivity (Wildman–Crippen MR) is 125 cm³/mol. The third-order valence-corrected chi connectivity index (χ3v) is 8.35. The molecule has 10 heteroatoms. The zero-order valence-corrected chi connectivity index (χ0v) is 20.2. The Kier molecular flexibility index (Phi) is 7.09. The van der Waals surface area contributed by atoms with Gasteiger partial charge < -0.3 is 14.5 Å². The highest BCUT2D eigenvalue weighted by Crippen LogP contribution is 2.34. The first-order valence-electron chi connectivity index (χ1n) is 11.4. The number of halogens is 2. The normalized spacial score (nSPS) is 19.8. The molecule has 0 spiro atoms. The number of rotatable bonds is 5. The molecule has 1 atom stereocenters. The Balaban J connectivity index is 1.53. The Hall–Kier alpha value is -2.72. The monoisotopic (exact) mass is 493 g/mol. The number of nitrogens with zero attached hydrogens (tertiary/aromatic N) is 3. The van der Waals surface area contributed by atoms with Crippen LogP contribution in [-0.2, 0) is 10.0 Å². The van der Waals surface area contributed by atoms with Crippen molar-refractivity contribution in [2.45, 2.75) is 24.7 Å². The van der Waals surface area contributed by atoms with Crippen molar-refractivity contribution in [2.75, 3.05) is 51.3 Å². The fourth-order valence-electron chi connectivity index (χ4n) is 4.60. The topological polar surface area (TPSA) is 70.2 Å². The SMILES string of the molecule is COc1ccc(S(=O)(=O)N2CCC[C@@H](C)C2)cc1N1CCN(C(=O)c2c(F)cccc2F)CC1. The predicted octanol–water partition coefficient (Wildman–Crippen LogP) is 3.36. The van der Waals surface area contributed by atoms with Gasteiger partial charge in [0.15, 0.2) is 0 Å². The van der Waals surface area contributed by atoms with E-state index in [0.717, 1.165) is 25.0 Å². The van der Waals surface area contributed by atoms with E-state index in [2.05, 4.69) is 6.92 Å². The van der Waals surface area contributed by atoms with Gasteiger partial charge in [0.2, 0.25) is 10.0 Å². The lowest BCUT2D eigenvalue weighted by Gasteiger charge is -2.37. The molecule has 2 heterocycles. The van der Waals surface area contributed by atoms with Crippen LogP contribution in [0, 0.1) is 17.6 Å². The second-order valence-corrected chi connectivity index (χ2v) is 10.8. The van der Waals surface area contributed by atoms with E-state index in [9.17, 15) is 22.0 Å². The lowest BCUT2D eigenvalue weighted by molar-refractivity contribution is 0.0737. The van der Waals surface area contributed by atoms with Gasteiger partial charge in [0, 0.05) is 39.3 Å². The molecule has 1 amide bonds. The van der Waals surface area contributed by atoms with Crippen LogP contribution in [0.25, 0.3) is 0 Å². The molecule has 2 aliphatic heterocycles. The Bertz CT molecular complexity index is 1150. The summed E-state index contributed by atoms with van der Waals surface area (Å²) in [4.78, 5) is 16.2. The van der Waals surface area contributed by atoms with E-state index in [0.29, 0.717) is 43.5 Å². The van der Waals surface area contributed by atoms with Crippen molar-refractivity contribution in [1.29, 1.82) is 0 Å². The summed E-state index contributed by atoms with van der Waals surface area (Å²) in [5.74, 6) is -1.65. The molecule has 0 aliphatic carbocycles. The Morgan fingerprint density at radius 3 is 2.32 bits per heavy atom. The number of anilines is 1. The molecule has 0 bridgehead atoms. The number of methoxy groups -OCH3 is 1. The smallest absolute Gasteiger partial charge is 0.259 e. The van der Waals surface area contributed by atoms with Gasteiger partial charge in [-0.15, -0.1) is 0 Å². The van der Waals surface area contributed by atoms with E-state index in [4.69, 9.17) is 4.74 Å². The molecular formula is C24H29F2N3O4S. The van der Waals surface area contributed by atoms with E-state index < -0.39 is 33.1 Å². The van der Waals surface area contributed by atoms with Crippen LogP contribution in [0.5, 0.6) is 5.75 Å². The molecule has 184 valence electrons. The maximum Gasteiger partial charge on any atom is 0.259 e. The Morgan fingerprint density at radius 2 is 1.71 bits per heavy atom. The fourth-order valence-corrected chi connectivity index (χ4v) is 6.22. The summed E-state index contributed by atoms with van der Waals surface area (Å²) in [5.41, 5.74) is 0.0511. The largest absolute Gasteiger partial charge is 0.495 e. The number of ether oxygens (including phenoxy) is 1. The molecule has 0 radical (unpaired) electrons.